The van der Waals surface area contributed by atoms with E-state index in [9.17, 15) is 49.8 Å². The van der Waals surface area contributed by atoms with Crippen LogP contribution in [0.1, 0.15) is 82.4 Å². The lowest BCUT2D eigenvalue weighted by Crippen LogP contribution is -2.32. The fraction of sp³-hybridized carbons (Fsp3) is 0.250. The Kier molecular flexibility index (Phi) is 18.3. The number of pyridine rings is 4. The number of halogens is 2. The SMILES string of the molecule is Cn1nc(-c2cccc(-n3ccc4cc(C(C)(C)C#N)cc(F)c4c3=O)c2C=O)cc(Nc2ccc(OC(C)(C)CO)cn2)c1=O.Cn1nc(-c2cccc(-n3ccc4cc(C(C)(C)C#N)cc(F)c4c3=O)c2CO)cc(Nc2ccc(OC(C)(C)CO)cn2)c1=O. The normalized spacial score (nSPS) is 11.8. The molecule has 6 aromatic heterocycles. The van der Waals surface area contributed by atoms with Crippen LogP contribution in [-0.4, -0.2) is 84.7 Å². The number of aldehydes is 1. The topological polar surface area (TPSA) is 307 Å². The minimum Gasteiger partial charge on any atom is -0.484 e. The van der Waals surface area contributed by atoms with Gasteiger partial charge in [-0.1, -0.05) is 24.3 Å². The molecule has 0 amide bonds. The van der Waals surface area contributed by atoms with Crippen molar-refractivity contribution in [3.63, 3.8) is 0 Å². The number of fused-ring (bicyclic) bond motifs is 2. The van der Waals surface area contributed by atoms with Crippen molar-refractivity contribution in [3.05, 3.63) is 209 Å². The number of anilines is 4. The minimum absolute atomic E-state index is 0.0924. The summed E-state index contributed by atoms with van der Waals surface area (Å²) < 4.78 is 46.8. The molecule has 470 valence electrons. The average Bonchev–Trinajstić information content (AvgIpc) is 0.779. The van der Waals surface area contributed by atoms with E-state index >= 15 is 8.78 Å². The van der Waals surface area contributed by atoms with E-state index in [1.54, 1.807) is 140 Å². The molecular weight excluding hydrogens is 1180 g/mol. The van der Waals surface area contributed by atoms with Crippen LogP contribution in [0.2, 0.25) is 0 Å². The molecule has 0 saturated carbocycles. The van der Waals surface area contributed by atoms with Crippen LogP contribution in [0.15, 0.2) is 153 Å². The van der Waals surface area contributed by atoms with Gasteiger partial charge < -0.3 is 35.4 Å². The molecule has 0 spiro atoms. The van der Waals surface area contributed by atoms with Crippen LogP contribution < -0.4 is 42.3 Å². The van der Waals surface area contributed by atoms with Crippen molar-refractivity contribution in [2.45, 2.75) is 84.0 Å². The van der Waals surface area contributed by atoms with E-state index in [-0.39, 0.29) is 52.3 Å². The number of carbonyl (C=O) groups excluding carboxylic acids is 1. The lowest BCUT2D eigenvalue weighted by Gasteiger charge is -2.23. The second-order valence-corrected chi connectivity index (χ2v) is 23.9. The zero-order chi connectivity index (χ0) is 66.8. The van der Waals surface area contributed by atoms with Crippen LogP contribution in [-0.2, 0) is 31.5 Å². The zero-order valence-electron chi connectivity index (χ0n) is 51.8. The Labute approximate surface area is 525 Å². The van der Waals surface area contributed by atoms with E-state index in [1.807, 2.05) is 0 Å². The summed E-state index contributed by atoms with van der Waals surface area (Å²) in [6.45, 7) is 12.7. The van der Waals surface area contributed by atoms with E-state index in [0.717, 1.165) is 9.36 Å². The highest BCUT2D eigenvalue weighted by molar-refractivity contribution is 5.92. The highest BCUT2D eigenvalue weighted by atomic mass is 19.1. The van der Waals surface area contributed by atoms with Gasteiger partial charge in [0, 0.05) is 48.7 Å². The Balaban J connectivity index is 0.000000217. The van der Waals surface area contributed by atoms with Gasteiger partial charge in [0.05, 0.1) is 88.7 Å². The maximum Gasteiger partial charge on any atom is 0.290 e. The highest BCUT2D eigenvalue weighted by Crippen LogP contribution is 2.34. The van der Waals surface area contributed by atoms with Crippen molar-refractivity contribution in [2.24, 2.45) is 14.1 Å². The number of benzene rings is 4. The fourth-order valence-electron chi connectivity index (χ4n) is 9.87. The molecule has 0 bridgehead atoms. The molecule has 22 nitrogen and oxygen atoms in total. The van der Waals surface area contributed by atoms with Gasteiger partial charge in [-0.25, -0.2) is 28.1 Å². The molecule has 0 unspecified atom stereocenters. The number of aliphatic hydroxyl groups is 3. The Morgan fingerprint density at radius 2 is 0.989 bits per heavy atom. The van der Waals surface area contributed by atoms with E-state index in [1.165, 1.54) is 72.3 Å². The Hall–Kier alpha value is -11.1. The molecule has 5 N–H and O–H groups in total. The van der Waals surface area contributed by atoms with Crippen molar-refractivity contribution in [1.82, 2.24) is 38.7 Å². The summed E-state index contributed by atoms with van der Waals surface area (Å²) in [5, 5.41) is 63.5. The van der Waals surface area contributed by atoms with Gasteiger partial charge in [-0.2, -0.15) is 20.7 Å². The summed E-state index contributed by atoms with van der Waals surface area (Å²) in [6, 6.07) is 32.4. The summed E-state index contributed by atoms with van der Waals surface area (Å²) in [7, 11) is 2.94. The molecule has 0 aliphatic heterocycles. The summed E-state index contributed by atoms with van der Waals surface area (Å²) in [5.41, 5.74) is -2.33. The van der Waals surface area contributed by atoms with Crippen LogP contribution in [0, 0.1) is 34.3 Å². The van der Waals surface area contributed by atoms with Gasteiger partial charge in [-0.05, 0) is 162 Å². The first kappa shape index (κ1) is 65.4. The van der Waals surface area contributed by atoms with Gasteiger partial charge in [-0.3, -0.25) is 33.1 Å². The first-order chi connectivity index (χ1) is 43.6. The van der Waals surface area contributed by atoms with Crippen molar-refractivity contribution in [1.29, 1.82) is 10.5 Å². The smallest absolute Gasteiger partial charge is 0.290 e. The molecule has 0 aliphatic carbocycles. The predicted molar refractivity (Wildman–Crippen MR) is 343 cm³/mol. The summed E-state index contributed by atoms with van der Waals surface area (Å²) in [4.78, 5) is 74.4. The first-order valence-corrected chi connectivity index (χ1v) is 28.7. The number of rotatable bonds is 18. The van der Waals surface area contributed by atoms with Crippen LogP contribution >= 0.6 is 0 Å². The van der Waals surface area contributed by atoms with Gasteiger partial charge in [0.15, 0.2) is 6.29 Å². The van der Waals surface area contributed by atoms with Crippen molar-refractivity contribution >= 4 is 50.8 Å². The summed E-state index contributed by atoms with van der Waals surface area (Å²) in [5.74, 6) is 0.0185. The predicted octanol–water partition coefficient (Wildman–Crippen LogP) is 9.26. The highest BCUT2D eigenvalue weighted by Gasteiger charge is 2.27. The number of ether oxygens (including phenoxy) is 2. The van der Waals surface area contributed by atoms with Crippen LogP contribution in [0.25, 0.3) is 55.4 Å². The minimum atomic E-state index is -0.967. The molecule has 0 saturated heterocycles. The molecule has 92 heavy (non-hydrogen) atoms. The lowest BCUT2D eigenvalue weighted by molar-refractivity contribution is 0.0409. The number of hydrogen-bond donors (Lipinski definition) is 5. The second kappa shape index (κ2) is 25.8. The Morgan fingerprint density at radius 1 is 0.565 bits per heavy atom. The molecule has 0 radical (unpaired) electrons. The molecular formula is C68H64F2N12O10. The van der Waals surface area contributed by atoms with Crippen LogP contribution in [0.4, 0.5) is 31.8 Å². The van der Waals surface area contributed by atoms with Gasteiger partial charge in [0.1, 0.15) is 57.3 Å². The van der Waals surface area contributed by atoms with E-state index in [2.05, 4.69) is 42.9 Å². The molecule has 4 aromatic carbocycles. The third-order valence-corrected chi connectivity index (χ3v) is 15.2. The first-order valence-electron chi connectivity index (χ1n) is 28.7. The Bertz CT molecular complexity index is 4870. The maximum atomic E-state index is 15.4. The summed E-state index contributed by atoms with van der Waals surface area (Å²) in [6.07, 6.45) is 6.43. The van der Waals surface area contributed by atoms with Crippen LogP contribution in [0.5, 0.6) is 11.5 Å². The number of carbonyl (C=O) groups is 1. The quantitative estimate of drug-likeness (QED) is 0.0500. The van der Waals surface area contributed by atoms with Crippen molar-refractivity contribution in [3.8, 4) is 57.5 Å². The molecule has 0 atom stereocenters. The third kappa shape index (κ3) is 13.4. The van der Waals surface area contributed by atoms with E-state index in [0.29, 0.717) is 79.4 Å². The number of nitrogens with one attached hydrogen (secondary N) is 2. The van der Waals surface area contributed by atoms with E-state index in [4.69, 9.17) is 9.47 Å². The zero-order valence-corrected chi connectivity index (χ0v) is 51.8. The Morgan fingerprint density at radius 3 is 1.39 bits per heavy atom. The fourth-order valence-corrected chi connectivity index (χ4v) is 9.87. The molecule has 24 heteroatoms. The third-order valence-electron chi connectivity index (χ3n) is 15.2. The molecule has 0 fully saturated rings. The monoisotopic (exact) mass is 1250 g/mol. The van der Waals surface area contributed by atoms with Crippen molar-refractivity contribution < 1.29 is 38.4 Å². The molecule has 6 heterocycles. The molecule has 0 aliphatic rings. The molecule has 10 aromatic rings. The van der Waals surface area contributed by atoms with Gasteiger partial charge >= 0.3 is 0 Å². The standard InChI is InChI=1S/C34H33FN6O5.C34H31FN6O5/c2*1-33(2,18-36)21-13-20-11-12-41(32(45)30(20)25(35)14-21)28-8-6-7-23(24(28)17-42)26-15-27(31(44)40(5)39-26)38-29-10-9-22(16-37-29)46-34(3,4)19-43/h6-16,42-43H,17,19H2,1-5H3,(H,37,38);6-17,43H,19H2,1-5H3,(H,37,38). The van der Waals surface area contributed by atoms with Gasteiger partial charge in [0.25, 0.3) is 22.2 Å². The van der Waals surface area contributed by atoms with E-state index < -0.39 is 62.5 Å². The number of nitrogens with zero attached hydrogens (tertiary/aromatic N) is 10. The second-order valence-electron chi connectivity index (χ2n) is 23.9. The van der Waals surface area contributed by atoms with Gasteiger partial charge in [0.2, 0.25) is 0 Å². The number of aryl methyl sites for hydroxylation is 2. The lowest BCUT2D eigenvalue weighted by atomic mass is 9.85. The molecule has 10 rings (SSSR count). The van der Waals surface area contributed by atoms with Crippen LogP contribution in [0.3, 0.4) is 0 Å². The number of aliphatic hydroxyl groups excluding tert-OH is 3. The number of nitriles is 2. The summed E-state index contributed by atoms with van der Waals surface area (Å²) >= 11 is 0. The number of aromatic nitrogens is 8. The average molecular weight is 1250 g/mol. The van der Waals surface area contributed by atoms with Crippen molar-refractivity contribution in [2.75, 3.05) is 23.8 Å². The largest absolute Gasteiger partial charge is 0.484 e. The van der Waals surface area contributed by atoms with Gasteiger partial charge in [-0.15, -0.1) is 0 Å². The maximum absolute atomic E-state index is 15.4. The number of hydrogen-bond acceptors (Lipinski definition) is 18.